The second kappa shape index (κ2) is 11.2. The summed E-state index contributed by atoms with van der Waals surface area (Å²) in [5, 5.41) is 1.37. The number of hydrogen-bond donors (Lipinski definition) is 0. The number of nitrogens with zero attached hydrogens (tertiary/aromatic N) is 1. The van der Waals surface area contributed by atoms with Gasteiger partial charge in [0.2, 0.25) is 0 Å². The predicted molar refractivity (Wildman–Crippen MR) is 115 cm³/mol. The van der Waals surface area contributed by atoms with Gasteiger partial charge in [-0.05, 0) is 0 Å². The topological polar surface area (TPSA) is 21.7 Å². The third-order valence-corrected chi connectivity index (χ3v) is 6.09. The zero-order valence-electron chi connectivity index (χ0n) is 15.1. The summed E-state index contributed by atoms with van der Waals surface area (Å²) in [4.78, 5) is 6.59. The van der Waals surface area contributed by atoms with Crippen molar-refractivity contribution in [2.75, 3.05) is 18.6 Å². The van der Waals surface area contributed by atoms with E-state index in [1.54, 1.807) is 23.0 Å². The summed E-state index contributed by atoms with van der Waals surface area (Å²) in [6.07, 6.45) is 3.60. The van der Waals surface area contributed by atoms with Gasteiger partial charge in [-0.15, -0.1) is 0 Å². The van der Waals surface area contributed by atoms with E-state index in [0.29, 0.717) is 0 Å². The van der Waals surface area contributed by atoms with Crippen molar-refractivity contribution in [2.24, 2.45) is 0 Å². The Kier molecular flexibility index (Phi) is 9.28. The fourth-order valence-corrected chi connectivity index (χ4v) is 4.01. The molecule has 1 heterocycles. The van der Waals surface area contributed by atoms with Gasteiger partial charge in [0.05, 0.1) is 7.11 Å². The summed E-state index contributed by atoms with van der Waals surface area (Å²) in [7, 11) is 1.45. The monoisotopic (exact) mass is 519 g/mol. The van der Waals surface area contributed by atoms with Gasteiger partial charge in [0.1, 0.15) is 0 Å². The number of rotatable bonds is 5. The second-order valence-corrected chi connectivity index (χ2v) is 8.42. The predicted octanol–water partition coefficient (Wildman–Crippen LogP) is 5.71. The first-order valence-electron chi connectivity index (χ1n) is 8.46. The van der Waals surface area contributed by atoms with Crippen LogP contribution in [0.2, 0.25) is 11.1 Å². The van der Waals surface area contributed by atoms with Gasteiger partial charge in [-0.25, -0.2) is 4.89 Å². The summed E-state index contributed by atoms with van der Waals surface area (Å²) in [6, 6.07) is 15.9. The Hall–Kier alpha value is -0.591. The van der Waals surface area contributed by atoms with Gasteiger partial charge in [-0.3, -0.25) is 0 Å². The molecule has 0 atom stereocenters. The molecule has 3 rings (SSSR count). The molecule has 0 fully saturated rings. The summed E-state index contributed by atoms with van der Waals surface area (Å²) in [5.74, 6) is 2.33. The first-order valence-corrected chi connectivity index (χ1v) is 12.3. The van der Waals surface area contributed by atoms with Crippen molar-refractivity contribution in [1.29, 1.82) is 0 Å². The molecule has 0 saturated heterocycles. The molecule has 0 radical (unpaired) electrons. The van der Waals surface area contributed by atoms with E-state index in [1.165, 1.54) is 46.9 Å². The van der Waals surface area contributed by atoms with Crippen molar-refractivity contribution in [3.63, 3.8) is 0 Å². The molecule has 0 saturated carbocycles. The van der Waals surface area contributed by atoms with Crippen LogP contribution < -0.4 is 4.90 Å². The number of hydrogen-bond acceptors (Lipinski definition) is 3. The molecule has 1 aliphatic rings. The quantitative estimate of drug-likeness (QED) is 0.167. The zero-order valence-corrected chi connectivity index (χ0v) is 19.0. The van der Waals surface area contributed by atoms with Crippen LogP contribution >= 0.6 is 23.0 Å². The maximum atomic E-state index is 4.03. The molecule has 136 valence electrons. The Labute approximate surface area is 171 Å². The van der Waals surface area contributed by atoms with Crippen LogP contribution in [0.3, 0.4) is 0 Å². The zero-order chi connectivity index (χ0) is 18.1. The SMILES string of the molecule is COOI.C[Se]CCCN1c2ccccc2CCc2ccc(C)cc21. The van der Waals surface area contributed by atoms with Gasteiger partial charge >= 0.3 is 134 Å². The van der Waals surface area contributed by atoms with Gasteiger partial charge in [-0.1, -0.05) is 0 Å². The van der Waals surface area contributed by atoms with E-state index in [4.69, 9.17) is 0 Å². The van der Waals surface area contributed by atoms with Crippen molar-refractivity contribution in [3.05, 3.63) is 59.2 Å². The molecule has 3 nitrogen and oxygen atoms in total. The normalized spacial score (nSPS) is 12.6. The number of benzene rings is 2. The van der Waals surface area contributed by atoms with E-state index >= 15 is 0 Å². The molecule has 0 amide bonds. The van der Waals surface area contributed by atoms with Crippen LogP contribution in [0.5, 0.6) is 0 Å². The third-order valence-electron chi connectivity index (χ3n) is 4.27. The van der Waals surface area contributed by atoms with E-state index in [9.17, 15) is 0 Å². The van der Waals surface area contributed by atoms with Gasteiger partial charge < -0.3 is 0 Å². The van der Waals surface area contributed by atoms with Crippen molar-refractivity contribution in [1.82, 2.24) is 0 Å². The van der Waals surface area contributed by atoms with Crippen LogP contribution in [-0.4, -0.2) is 28.6 Å². The molecule has 0 aliphatic carbocycles. The van der Waals surface area contributed by atoms with Crippen LogP contribution in [0, 0.1) is 6.92 Å². The minimum atomic E-state index is 0.779. The molecule has 2 aromatic carbocycles. The second-order valence-electron chi connectivity index (χ2n) is 5.99. The standard InChI is InChI=1S/C19H23NSe.CH3IO2/c1-15-8-9-17-11-10-16-6-3-4-7-18(16)20(19(17)14-15)12-5-13-21-2;1-3-4-2/h3-4,6-9,14H,5,10-13H2,1-2H3;1H3. The molecule has 0 bridgehead atoms. The molecule has 25 heavy (non-hydrogen) atoms. The molecular formula is C20H26INO2Se. The van der Waals surface area contributed by atoms with Crippen molar-refractivity contribution >= 4 is 49.3 Å². The van der Waals surface area contributed by atoms with Gasteiger partial charge in [-0.2, -0.15) is 3.22 Å². The number of fused-ring (bicyclic) bond motifs is 2. The summed E-state index contributed by atoms with van der Waals surface area (Å²) < 4.78 is 4.01. The van der Waals surface area contributed by atoms with Crippen molar-refractivity contribution in [2.45, 2.75) is 37.3 Å². The van der Waals surface area contributed by atoms with Crippen molar-refractivity contribution < 1.29 is 8.10 Å². The number of para-hydroxylation sites is 1. The van der Waals surface area contributed by atoms with E-state index in [1.807, 2.05) is 0 Å². The number of halogens is 1. The summed E-state index contributed by atoms with van der Waals surface area (Å²) in [6.45, 7) is 3.34. The fraction of sp³-hybridized carbons (Fsp3) is 0.400. The molecule has 5 heteroatoms. The molecular weight excluding hydrogens is 492 g/mol. The van der Waals surface area contributed by atoms with Crippen LogP contribution in [0.1, 0.15) is 23.1 Å². The minimum absolute atomic E-state index is 0.779. The average Bonchev–Trinajstić information content (AvgIpc) is 2.79. The fourth-order valence-electron chi connectivity index (χ4n) is 3.13. The molecule has 1 aliphatic heterocycles. The van der Waals surface area contributed by atoms with Gasteiger partial charge in [0.15, 0.2) is 23.0 Å². The van der Waals surface area contributed by atoms with E-state index in [2.05, 4.69) is 68.2 Å². The van der Waals surface area contributed by atoms with Crippen LogP contribution in [0.25, 0.3) is 0 Å². The maximum absolute atomic E-state index is 4.03. The van der Waals surface area contributed by atoms with E-state index in [0.717, 1.165) is 34.3 Å². The molecule has 0 unspecified atom stereocenters. The number of aryl methyl sites for hydroxylation is 3. The first kappa shape index (κ1) is 20.7. The van der Waals surface area contributed by atoms with Gasteiger partial charge in [0, 0.05) is 0 Å². The Bertz CT molecular complexity index is 664. The summed E-state index contributed by atoms with van der Waals surface area (Å²) in [5.41, 5.74) is 7.21. The molecule has 2 aromatic rings. The Morgan fingerprint density at radius 2 is 1.76 bits per heavy atom. The summed E-state index contributed by atoms with van der Waals surface area (Å²) >= 11 is 2.41. The molecule has 0 spiro atoms. The van der Waals surface area contributed by atoms with E-state index < -0.39 is 0 Å². The Morgan fingerprint density at radius 1 is 1.08 bits per heavy atom. The Morgan fingerprint density at radius 3 is 2.44 bits per heavy atom. The average molecular weight is 518 g/mol. The molecule has 0 N–H and O–H groups in total. The van der Waals surface area contributed by atoms with Crippen LogP contribution in [0.15, 0.2) is 42.5 Å². The van der Waals surface area contributed by atoms with Crippen LogP contribution in [0.4, 0.5) is 11.4 Å². The van der Waals surface area contributed by atoms with Gasteiger partial charge in [0.25, 0.3) is 0 Å². The third kappa shape index (κ3) is 5.97. The number of anilines is 2. The Balaban J connectivity index is 0.000000511. The first-order chi connectivity index (χ1) is 12.2. The van der Waals surface area contributed by atoms with Crippen LogP contribution in [-0.2, 0) is 20.9 Å². The van der Waals surface area contributed by atoms with Crippen molar-refractivity contribution in [3.8, 4) is 0 Å². The van der Waals surface area contributed by atoms with E-state index in [-0.39, 0.29) is 0 Å². The molecule has 0 aromatic heterocycles.